The summed E-state index contributed by atoms with van der Waals surface area (Å²) in [6, 6.07) is 4.05. The Morgan fingerprint density at radius 3 is 1.79 bits per heavy atom. The highest BCUT2D eigenvalue weighted by Crippen LogP contribution is 2.33. The van der Waals surface area contributed by atoms with Crippen LogP contribution in [-0.4, -0.2) is 90.2 Å². The highest BCUT2D eigenvalue weighted by molar-refractivity contribution is 5.67. The monoisotopic (exact) mass is 606 g/mol. The first-order valence-electron chi connectivity index (χ1n) is 15.1. The molecule has 0 aliphatic carbocycles. The summed E-state index contributed by atoms with van der Waals surface area (Å²) >= 11 is 0. The van der Waals surface area contributed by atoms with Gasteiger partial charge in [-0.15, -0.1) is 0 Å². The Morgan fingerprint density at radius 2 is 1.33 bits per heavy atom. The maximum Gasteiger partial charge on any atom is 0.412 e. The highest BCUT2D eigenvalue weighted by atomic mass is 16.6. The number of unbranched alkanes of at least 4 members (excludes halogenated alkanes) is 2. The van der Waals surface area contributed by atoms with Crippen molar-refractivity contribution in [2.75, 3.05) is 68.2 Å². The van der Waals surface area contributed by atoms with E-state index in [1.807, 2.05) is 12.1 Å². The molecule has 1 rings (SSSR count). The summed E-state index contributed by atoms with van der Waals surface area (Å²) in [5, 5.41) is 0. The Labute approximate surface area is 258 Å². The first-order valence-corrected chi connectivity index (χ1v) is 15.1. The average Bonchev–Trinajstić information content (AvgIpc) is 2.97. The van der Waals surface area contributed by atoms with Gasteiger partial charge in [-0.1, -0.05) is 43.1 Å². The molecule has 0 saturated carbocycles. The number of methoxy groups -OCH3 is 2. The van der Waals surface area contributed by atoms with Crippen LogP contribution < -0.4 is 9.47 Å². The van der Waals surface area contributed by atoms with Gasteiger partial charge in [0.1, 0.15) is 24.7 Å². The zero-order valence-electron chi connectivity index (χ0n) is 27.7. The van der Waals surface area contributed by atoms with E-state index in [2.05, 4.69) is 39.8 Å². The van der Waals surface area contributed by atoms with Crippen molar-refractivity contribution < 1.29 is 38.0 Å². The van der Waals surface area contributed by atoms with Crippen LogP contribution >= 0.6 is 0 Å². The SMILES string of the molecule is CCCCCc1cc(OCN(C)C(=O)OCCOC)c(CC=C(C)CCC=C(C)C)c(OCN(C)C(=O)OCCOC)c1. The fourth-order valence-corrected chi connectivity index (χ4v) is 3.91. The lowest BCUT2D eigenvalue weighted by molar-refractivity contribution is 0.0586. The van der Waals surface area contributed by atoms with E-state index in [1.165, 1.54) is 20.9 Å². The molecule has 43 heavy (non-hydrogen) atoms. The van der Waals surface area contributed by atoms with Crippen LogP contribution in [0.1, 0.15) is 70.9 Å². The van der Waals surface area contributed by atoms with Crippen LogP contribution in [0.5, 0.6) is 11.5 Å². The number of rotatable bonds is 21. The van der Waals surface area contributed by atoms with E-state index >= 15 is 0 Å². The normalized spacial score (nSPS) is 11.1. The minimum atomic E-state index is -0.502. The summed E-state index contributed by atoms with van der Waals surface area (Å²) in [6.07, 6.45) is 9.96. The predicted molar refractivity (Wildman–Crippen MR) is 169 cm³/mol. The lowest BCUT2D eigenvalue weighted by Gasteiger charge is -2.23. The quantitative estimate of drug-likeness (QED) is 0.0861. The summed E-state index contributed by atoms with van der Waals surface area (Å²) < 4.78 is 32.8. The molecule has 0 spiro atoms. The number of amides is 2. The van der Waals surface area contributed by atoms with Crippen molar-refractivity contribution in [3.05, 3.63) is 46.6 Å². The number of ether oxygens (including phenoxy) is 6. The molecule has 0 N–H and O–H groups in total. The Morgan fingerprint density at radius 1 is 0.791 bits per heavy atom. The molecular weight excluding hydrogens is 552 g/mol. The molecule has 10 nitrogen and oxygen atoms in total. The molecule has 0 aliphatic heterocycles. The number of carbonyl (C=O) groups is 2. The Bertz CT molecular complexity index is 967. The lowest BCUT2D eigenvalue weighted by Crippen LogP contribution is -2.32. The van der Waals surface area contributed by atoms with Crippen molar-refractivity contribution >= 4 is 12.2 Å². The van der Waals surface area contributed by atoms with Gasteiger partial charge in [0.05, 0.1) is 13.2 Å². The van der Waals surface area contributed by atoms with E-state index in [0.29, 0.717) is 31.1 Å². The van der Waals surface area contributed by atoms with E-state index in [1.54, 1.807) is 28.3 Å². The zero-order chi connectivity index (χ0) is 32.0. The predicted octanol–water partition coefficient (Wildman–Crippen LogP) is 6.76. The van der Waals surface area contributed by atoms with Crippen molar-refractivity contribution in [3.8, 4) is 11.5 Å². The number of aryl methyl sites for hydroxylation is 1. The zero-order valence-corrected chi connectivity index (χ0v) is 27.7. The molecule has 10 heteroatoms. The standard InChI is InChI=1S/C33H54N2O8/c1-9-10-11-15-28-22-30(42-24-34(5)32(36)40-20-18-38-7)29(17-16-27(4)14-12-13-26(2)3)31(23-28)43-25-35(6)33(37)41-21-19-39-8/h13,16,22-23H,9-12,14-15,17-21,24-25H2,1-8H3. The summed E-state index contributed by atoms with van der Waals surface area (Å²) in [7, 11) is 6.34. The fourth-order valence-electron chi connectivity index (χ4n) is 3.91. The Balaban J connectivity index is 3.30. The molecule has 1 aromatic rings. The number of hydrogen-bond acceptors (Lipinski definition) is 8. The number of benzene rings is 1. The van der Waals surface area contributed by atoms with Crippen LogP contribution in [0.4, 0.5) is 9.59 Å². The van der Waals surface area contributed by atoms with Gasteiger partial charge in [-0.05, 0) is 70.6 Å². The second-order valence-corrected chi connectivity index (χ2v) is 10.8. The van der Waals surface area contributed by atoms with Crippen molar-refractivity contribution in [1.29, 1.82) is 0 Å². The van der Waals surface area contributed by atoms with Crippen LogP contribution in [-0.2, 0) is 31.8 Å². The summed E-state index contributed by atoms with van der Waals surface area (Å²) in [5.74, 6) is 1.25. The van der Waals surface area contributed by atoms with Gasteiger partial charge in [-0.2, -0.15) is 0 Å². The van der Waals surface area contributed by atoms with Gasteiger partial charge in [0, 0.05) is 33.9 Å². The minimum absolute atomic E-state index is 0.00827. The van der Waals surface area contributed by atoms with Gasteiger partial charge < -0.3 is 28.4 Å². The van der Waals surface area contributed by atoms with Crippen molar-refractivity contribution in [2.45, 2.75) is 72.6 Å². The Hall–Kier alpha value is -3.24. The van der Waals surface area contributed by atoms with Gasteiger partial charge in [-0.3, -0.25) is 9.80 Å². The van der Waals surface area contributed by atoms with Crippen molar-refractivity contribution in [2.24, 2.45) is 0 Å². The van der Waals surface area contributed by atoms with Crippen LogP contribution in [0, 0.1) is 0 Å². The molecule has 0 unspecified atom stereocenters. The molecule has 0 fully saturated rings. The van der Waals surface area contributed by atoms with Gasteiger partial charge in [0.25, 0.3) is 0 Å². The van der Waals surface area contributed by atoms with E-state index in [9.17, 15) is 9.59 Å². The molecule has 2 amide bonds. The van der Waals surface area contributed by atoms with Crippen molar-refractivity contribution in [3.63, 3.8) is 0 Å². The smallest absolute Gasteiger partial charge is 0.412 e. The second kappa shape index (κ2) is 22.3. The molecule has 1 aromatic carbocycles. The van der Waals surface area contributed by atoms with Crippen LogP contribution in [0.15, 0.2) is 35.4 Å². The average molecular weight is 607 g/mol. The number of hydrogen-bond donors (Lipinski definition) is 0. The third kappa shape index (κ3) is 16.3. The minimum Gasteiger partial charge on any atom is -0.472 e. The molecule has 0 aromatic heterocycles. The maximum atomic E-state index is 12.4. The lowest BCUT2D eigenvalue weighted by atomic mass is 10.00. The molecule has 0 saturated heterocycles. The first kappa shape index (κ1) is 37.8. The third-order valence-electron chi connectivity index (χ3n) is 6.52. The highest BCUT2D eigenvalue weighted by Gasteiger charge is 2.18. The third-order valence-corrected chi connectivity index (χ3v) is 6.52. The van der Waals surface area contributed by atoms with E-state index < -0.39 is 12.2 Å². The molecule has 0 bridgehead atoms. The second-order valence-electron chi connectivity index (χ2n) is 10.8. The van der Waals surface area contributed by atoms with Crippen LogP contribution in [0.25, 0.3) is 0 Å². The van der Waals surface area contributed by atoms with Gasteiger partial charge in [0.15, 0.2) is 13.5 Å². The Kier molecular flexibility index (Phi) is 19.6. The summed E-state index contributed by atoms with van der Waals surface area (Å²) in [6.45, 7) is 9.43. The number of nitrogens with zero attached hydrogens (tertiary/aromatic N) is 2. The largest absolute Gasteiger partial charge is 0.472 e. The van der Waals surface area contributed by atoms with Gasteiger partial charge in [0.2, 0.25) is 0 Å². The number of allylic oxidation sites excluding steroid dienone is 4. The molecule has 0 heterocycles. The maximum absolute atomic E-state index is 12.4. The fraction of sp³-hybridized carbons (Fsp3) is 0.636. The van der Waals surface area contributed by atoms with E-state index in [4.69, 9.17) is 28.4 Å². The van der Waals surface area contributed by atoms with Gasteiger partial charge in [-0.25, -0.2) is 9.59 Å². The van der Waals surface area contributed by atoms with Crippen LogP contribution in [0.2, 0.25) is 0 Å². The molecule has 0 aliphatic rings. The summed E-state index contributed by atoms with van der Waals surface area (Å²) in [4.78, 5) is 27.5. The summed E-state index contributed by atoms with van der Waals surface area (Å²) in [5.41, 5.74) is 4.44. The van der Waals surface area contributed by atoms with Crippen LogP contribution in [0.3, 0.4) is 0 Å². The van der Waals surface area contributed by atoms with E-state index in [0.717, 1.165) is 49.7 Å². The van der Waals surface area contributed by atoms with Crippen molar-refractivity contribution in [1.82, 2.24) is 9.80 Å². The molecular formula is C33H54N2O8. The van der Waals surface area contributed by atoms with Gasteiger partial charge >= 0.3 is 12.2 Å². The molecule has 0 atom stereocenters. The van der Waals surface area contributed by atoms with E-state index in [-0.39, 0.29) is 26.7 Å². The molecule has 0 radical (unpaired) electrons. The number of carbonyl (C=O) groups excluding carboxylic acids is 2. The topological polar surface area (TPSA) is 96.0 Å². The molecule has 244 valence electrons. The first-order chi connectivity index (χ1) is 20.6.